The maximum Gasteiger partial charge on any atom is 0.263 e. The van der Waals surface area contributed by atoms with Crippen molar-refractivity contribution < 1.29 is 14.4 Å². The van der Waals surface area contributed by atoms with E-state index in [2.05, 4.69) is 35.4 Å². The van der Waals surface area contributed by atoms with E-state index in [9.17, 15) is 19.2 Å². The van der Waals surface area contributed by atoms with Crippen LogP contribution in [-0.2, 0) is 16.1 Å². The topological polar surface area (TPSA) is 155 Å². The predicted molar refractivity (Wildman–Crippen MR) is 180 cm³/mol. The summed E-state index contributed by atoms with van der Waals surface area (Å²) in [7, 11) is 0. The Balaban J connectivity index is 1.00. The molecule has 4 aromatic rings. The first-order valence-electron chi connectivity index (χ1n) is 16.7. The maximum atomic E-state index is 13.5. The van der Waals surface area contributed by atoms with E-state index in [4.69, 9.17) is 4.98 Å². The lowest BCUT2D eigenvalue weighted by atomic mass is 9.93. The van der Waals surface area contributed by atoms with Gasteiger partial charge in [-0.15, -0.1) is 0 Å². The SMILES string of the molecule is CC(=O)c1c(C)c2cnc(Nc3ccc(N4CCN(Cc5ccnc(C6CCC(=O)NC6=O)c5)CC4)cn3)nc2n(C2CCCC2)c1=O. The molecule has 13 nitrogen and oxygen atoms in total. The molecule has 0 aromatic carbocycles. The summed E-state index contributed by atoms with van der Waals surface area (Å²) in [5.74, 6) is -0.191. The van der Waals surface area contributed by atoms with Gasteiger partial charge in [0.15, 0.2) is 5.78 Å². The molecule has 7 rings (SSSR count). The number of anilines is 3. The second-order valence-electron chi connectivity index (χ2n) is 13.0. The van der Waals surface area contributed by atoms with Gasteiger partial charge in [0.2, 0.25) is 17.8 Å². The predicted octanol–water partition coefficient (Wildman–Crippen LogP) is 3.79. The lowest BCUT2D eigenvalue weighted by Crippen LogP contribution is -2.46. The van der Waals surface area contributed by atoms with Crippen molar-refractivity contribution in [1.82, 2.24) is 34.7 Å². The number of aromatic nitrogens is 5. The molecule has 248 valence electrons. The molecule has 1 atom stereocenters. The van der Waals surface area contributed by atoms with Gasteiger partial charge in [-0.05, 0) is 68.5 Å². The first kappa shape index (κ1) is 31.6. The lowest BCUT2D eigenvalue weighted by Gasteiger charge is -2.36. The van der Waals surface area contributed by atoms with E-state index in [-0.39, 0.29) is 40.7 Å². The monoisotopic (exact) mass is 649 g/mol. The first-order valence-corrected chi connectivity index (χ1v) is 16.7. The van der Waals surface area contributed by atoms with Gasteiger partial charge in [0.25, 0.3) is 5.56 Å². The summed E-state index contributed by atoms with van der Waals surface area (Å²) in [6, 6.07) is 7.91. The third-order valence-corrected chi connectivity index (χ3v) is 9.82. The van der Waals surface area contributed by atoms with E-state index in [0.29, 0.717) is 46.9 Å². The Morgan fingerprint density at radius 3 is 2.48 bits per heavy atom. The molecule has 0 spiro atoms. The molecule has 4 aromatic heterocycles. The molecule has 3 fully saturated rings. The number of piperazine rings is 1. The lowest BCUT2D eigenvalue weighted by molar-refractivity contribution is -0.134. The minimum Gasteiger partial charge on any atom is -0.368 e. The molecular weight excluding hydrogens is 610 g/mol. The van der Waals surface area contributed by atoms with Crippen LogP contribution in [0.4, 0.5) is 17.5 Å². The highest BCUT2D eigenvalue weighted by Crippen LogP contribution is 2.32. The number of ketones is 1. The third-order valence-electron chi connectivity index (χ3n) is 9.82. The number of amides is 2. The largest absolute Gasteiger partial charge is 0.368 e. The highest BCUT2D eigenvalue weighted by Gasteiger charge is 2.30. The maximum absolute atomic E-state index is 13.5. The number of fused-ring (bicyclic) bond motifs is 1. The molecule has 1 aliphatic carbocycles. The van der Waals surface area contributed by atoms with Crippen LogP contribution in [0.15, 0.2) is 47.7 Å². The Morgan fingerprint density at radius 2 is 1.77 bits per heavy atom. The fourth-order valence-corrected chi connectivity index (χ4v) is 7.25. The number of hydrogen-bond acceptors (Lipinski definition) is 11. The second-order valence-corrected chi connectivity index (χ2v) is 13.0. The van der Waals surface area contributed by atoms with Crippen LogP contribution < -0.4 is 21.1 Å². The van der Waals surface area contributed by atoms with E-state index >= 15 is 0 Å². The highest BCUT2D eigenvalue weighted by molar-refractivity contribution is 6.01. The van der Waals surface area contributed by atoms with E-state index < -0.39 is 0 Å². The number of nitrogens with one attached hydrogen (secondary N) is 2. The molecule has 1 saturated carbocycles. The van der Waals surface area contributed by atoms with Gasteiger partial charge >= 0.3 is 0 Å². The first-order chi connectivity index (χ1) is 23.2. The number of aryl methyl sites for hydroxylation is 1. The summed E-state index contributed by atoms with van der Waals surface area (Å²) in [6.45, 7) is 7.40. The smallest absolute Gasteiger partial charge is 0.263 e. The van der Waals surface area contributed by atoms with E-state index in [0.717, 1.165) is 69.7 Å². The Morgan fingerprint density at radius 1 is 0.979 bits per heavy atom. The summed E-state index contributed by atoms with van der Waals surface area (Å²) in [5, 5.41) is 6.33. The number of carbonyl (C=O) groups excluding carboxylic acids is 3. The fourth-order valence-electron chi connectivity index (χ4n) is 7.25. The molecular formula is C35H39N9O4. The number of hydrogen-bond donors (Lipinski definition) is 2. The summed E-state index contributed by atoms with van der Waals surface area (Å²) < 4.78 is 1.71. The van der Waals surface area contributed by atoms with Crippen LogP contribution in [-0.4, -0.2) is 73.2 Å². The van der Waals surface area contributed by atoms with Crippen molar-refractivity contribution in [2.45, 2.75) is 70.9 Å². The summed E-state index contributed by atoms with van der Waals surface area (Å²) >= 11 is 0. The minimum atomic E-state index is -0.388. The molecule has 2 amide bonds. The zero-order chi connectivity index (χ0) is 33.4. The van der Waals surface area contributed by atoms with Gasteiger partial charge in [0, 0.05) is 63.0 Å². The van der Waals surface area contributed by atoms with Crippen molar-refractivity contribution in [2.75, 3.05) is 36.4 Å². The molecule has 3 aliphatic rings. The van der Waals surface area contributed by atoms with Crippen molar-refractivity contribution in [3.63, 3.8) is 0 Å². The van der Waals surface area contributed by atoms with Gasteiger partial charge in [-0.3, -0.25) is 38.9 Å². The van der Waals surface area contributed by atoms with Crippen molar-refractivity contribution in [2.24, 2.45) is 0 Å². The molecule has 13 heteroatoms. The average molecular weight is 650 g/mol. The fraction of sp³-hybridized carbons (Fsp3) is 0.429. The number of carbonyl (C=O) groups is 3. The molecule has 48 heavy (non-hydrogen) atoms. The van der Waals surface area contributed by atoms with Crippen LogP contribution in [0.2, 0.25) is 0 Å². The number of piperidine rings is 1. The molecule has 2 aliphatic heterocycles. The summed E-state index contributed by atoms with van der Waals surface area (Å²) in [6.07, 6.45) is 9.95. The normalized spacial score (nSPS) is 19.1. The quantitative estimate of drug-likeness (QED) is 0.212. The van der Waals surface area contributed by atoms with E-state index in [1.807, 2.05) is 30.5 Å². The third kappa shape index (κ3) is 6.29. The van der Waals surface area contributed by atoms with E-state index in [1.165, 1.54) is 6.92 Å². The van der Waals surface area contributed by atoms with Crippen LogP contribution in [0.5, 0.6) is 0 Å². The van der Waals surface area contributed by atoms with Crippen molar-refractivity contribution in [1.29, 1.82) is 0 Å². The van der Waals surface area contributed by atoms with Crippen LogP contribution in [0.25, 0.3) is 11.0 Å². The Kier molecular flexibility index (Phi) is 8.69. The zero-order valence-electron chi connectivity index (χ0n) is 27.2. The van der Waals surface area contributed by atoms with Gasteiger partial charge in [-0.1, -0.05) is 12.8 Å². The van der Waals surface area contributed by atoms with Crippen molar-refractivity contribution >= 4 is 46.1 Å². The van der Waals surface area contributed by atoms with E-state index in [1.54, 1.807) is 23.9 Å². The molecule has 2 N–H and O–H groups in total. The van der Waals surface area contributed by atoms with Crippen molar-refractivity contribution in [3.05, 3.63) is 75.6 Å². The number of pyridine rings is 3. The van der Waals surface area contributed by atoms with Gasteiger partial charge in [0.05, 0.1) is 29.1 Å². The summed E-state index contributed by atoms with van der Waals surface area (Å²) in [4.78, 5) is 72.8. The minimum absolute atomic E-state index is 0.0133. The Hall–Kier alpha value is -5.04. The van der Waals surface area contributed by atoms with Gasteiger partial charge < -0.3 is 10.2 Å². The number of Topliss-reactive ketones (excluding diaryl/α,β-unsaturated/α-hetero) is 1. The molecule has 2 saturated heterocycles. The molecule has 0 radical (unpaired) electrons. The van der Waals surface area contributed by atoms with Gasteiger partial charge in [-0.25, -0.2) is 9.97 Å². The van der Waals surface area contributed by atoms with Crippen LogP contribution in [0, 0.1) is 6.92 Å². The Labute approximate surface area is 277 Å². The molecule has 0 bridgehead atoms. The zero-order valence-corrected chi connectivity index (χ0v) is 27.2. The number of rotatable bonds is 8. The molecule has 1 unspecified atom stereocenters. The summed E-state index contributed by atoms with van der Waals surface area (Å²) in [5.41, 5.74) is 3.93. The van der Waals surface area contributed by atoms with Gasteiger partial charge in [-0.2, -0.15) is 4.98 Å². The standard InChI is InChI=1S/C35H39N9O4/c1-21-27-19-38-35(41-32(27)44(24-5-3-4-6-24)34(48)31(21)22(2)45)39-29-9-7-25(18-37-29)43-15-13-42(14-16-43)20-23-11-12-36-28(17-23)26-8-10-30(46)40-33(26)47/h7,9,11-12,17-19,24,26H,3-6,8,10,13-16,20H2,1-2H3,(H,40,46,47)(H,37,38,39,41). The second kappa shape index (κ2) is 13.2. The van der Waals surface area contributed by atoms with Crippen LogP contribution in [0.1, 0.15) is 84.6 Å². The number of imide groups is 1. The van der Waals surface area contributed by atoms with Crippen molar-refractivity contribution in [3.8, 4) is 0 Å². The Bertz CT molecular complexity index is 1940. The van der Waals surface area contributed by atoms with Gasteiger partial charge in [0.1, 0.15) is 11.5 Å². The average Bonchev–Trinajstić information content (AvgIpc) is 3.60. The van der Waals surface area contributed by atoms with Crippen LogP contribution >= 0.6 is 0 Å². The highest BCUT2D eigenvalue weighted by atomic mass is 16.2. The molecule has 6 heterocycles. The number of nitrogens with zero attached hydrogens (tertiary/aromatic N) is 7. The van der Waals surface area contributed by atoms with Crippen LogP contribution in [0.3, 0.4) is 0 Å².